The molecule has 0 saturated heterocycles. The minimum Gasteiger partial charge on any atom is -0.869 e. The Kier molecular flexibility index (Phi) is 5.67. The van der Waals surface area contributed by atoms with Crippen LogP contribution in [0.4, 0.5) is 0 Å². The number of aromatic nitrogens is 3. The maximum absolute atomic E-state index is 11.8. The number of hydrogen-bond acceptors (Lipinski definition) is 6. The molecule has 0 aliphatic rings. The van der Waals surface area contributed by atoms with E-state index in [-0.39, 0.29) is 16.4 Å². The predicted molar refractivity (Wildman–Crippen MR) is 87.4 cm³/mol. The standard InChI is InChI=1S/C14H14BrN3O4S/c1-3-11-16-14(18-17-11)23-10(13(20)21)6-7-4-8(15)12(19)9(5-7)22-2/h4-6,19H,3H2,1-2H3,(H,20,21)(H,16,17,18)/p-1/b10-6-. The molecule has 2 aromatic rings. The molecule has 0 saturated carbocycles. The molecule has 122 valence electrons. The van der Waals surface area contributed by atoms with Crippen LogP contribution in [0.25, 0.3) is 6.08 Å². The van der Waals surface area contributed by atoms with Gasteiger partial charge in [0.1, 0.15) is 16.5 Å². The number of rotatable bonds is 6. The highest BCUT2D eigenvalue weighted by atomic mass is 79.9. The van der Waals surface area contributed by atoms with Gasteiger partial charge in [0.25, 0.3) is 0 Å². The Balaban J connectivity index is 2.35. The van der Waals surface area contributed by atoms with Crippen molar-refractivity contribution in [2.45, 2.75) is 18.5 Å². The quantitative estimate of drug-likeness (QED) is 0.567. The van der Waals surface area contributed by atoms with Crippen molar-refractivity contribution < 1.29 is 19.7 Å². The number of methoxy groups -OCH3 is 1. The third-order valence-electron chi connectivity index (χ3n) is 2.81. The number of hydrogen-bond donors (Lipinski definition) is 2. The number of thioether (sulfide) groups is 1. The highest BCUT2D eigenvalue weighted by molar-refractivity contribution is 9.10. The summed E-state index contributed by atoms with van der Waals surface area (Å²) in [6, 6.07) is 3.01. The zero-order valence-electron chi connectivity index (χ0n) is 12.3. The molecular formula is C14H13BrN3O4S-. The Morgan fingerprint density at radius 2 is 2.30 bits per heavy atom. The first-order chi connectivity index (χ1) is 10.9. The lowest BCUT2D eigenvalue weighted by molar-refractivity contribution is -0.271. The van der Waals surface area contributed by atoms with E-state index < -0.39 is 5.97 Å². The normalized spacial score (nSPS) is 11.5. The monoisotopic (exact) mass is 398 g/mol. The number of carboxylic acid groups (broad SMARTS) is 1. The summed E-state index contributed by atoms with van der Waals surface area (Å²) in [5, 5.41) is 28.1. The fourth-order valence-electron chi connectivity index (χ4n) is 1.69. The largest absolute Gasteiger partial charge is 0.869 e. The predicted octanol–water partition coefficient (Wildman–Crippen LogP) is 2.43. The van der Waals surface area contributed by atoms with Gasteiger partial charge >= 0.3 is 5.97 Å². The van der Waals surface area contributed by atoms with E-state index in [1.165, 1.54) is 25.3 Å². The number of aryl methyl sites for hydroxylation is 1. The van der Waals surface area contributed by atoms with Crippen LogP contribution in [0.3, 0.4) is 0 Å². The van der Waals surface area contributed by atoms with Gasteiger partial charge < -0.3 is 14.9 Å². The summed E-state index contributed by atoms with van der Waals surface area (Å²) in [5.41, 5.74) is 0.518. The number of carboxylic acids is 1. The van der Waals surface area contributed by atoms with Crippen molar-refractivity contribution in [1.29, 1.82) is 0 Å². The number of carbonyl (C=O) groups is 1. The zero-order valence-corrected chi connectivity index (χ0v) is 14.7. The number of benzene rings is 1. The second-order valence-corrected chi connectivity index (χ2v) is 6.23. The molecule has 0 spiro atoms. The van der Waals surface area contributed by atoms with Crippen LogP contribution >= 0.6 is 27.7 Å². The summed E-state index contributed by atoms with van der Waals surface area (Å²) < 4.78 is 5.28. The maximum Gasteiger partial charge on any atom is 0.342 e. The van der Waals surface area contributed by atoms with Crippen molar-refractivity contribution >= 4 is 39.7 Å². The fourth-order valence-corrected chi connectivity index (χ4v) is 2.88. The minimum absolute atomic E-state index is 0.0271. The molecule has 23 heavy (non-hydrogen) atoms. The van der Waals surface area contributed by atoms with Gasteiger partial charge in [0.2, 0.25) is 5.16 Å². The average Bonchev–Trinajstić information content (AvgIpc) is 2.97. The van der Waals surface area contributed by atoms with Crippen molar-refractivity contribution in [1.82, 2.24) is 15.2 Å². The number of nitrogens with one attached hydrogen (secondary N) is 1. The van der Waals surface area contributed by atoms with Crippen molar-refractivity contribution in [3.8, 4) is 11.5 Å². The van der Waals surface area contributed by atoms with Gasteiger partial charge in [0.15, 0.2) is 0 Å². The van der Waals surface area contributed by atoms with E-state index in [0.717, 1.165) is 11.8 Å². The van der Waals surface area contributed by atoms with E-state index >= 15 is 0 Å². The molecule has 1 heterocycles. The van der Waals surface area contributed by atoms with Gasteiger partial charge in [-0.3, -0.25) is 5.10 Å². The lowest BCUT2D eigenvalue weighted by Gasteiger charge is -2.15. The molecule has 1 aromatic heterocycles. The smallest absolute Gasteiger partial charge is 0.342 e. The SMILES string of the molecule is CCc1nc(S/C(=C\c2cc(Br)c([O-])c(OC)c2)C(=O)O)n[nH]1. The first-order valence-corrected chi connectivity index (χ1v) is 8.14. The molecule has 0 bridgehead atoms. The average molecular weight is 399 g/mol. The summed E-state index contributed by atoms with van der Waals surface area (Å²) in [7, 11) is 1.38. The molecule has 0 fully saturated rings. The first kappa shape index (κ1) is 17.4. The van der Waals surface area contributed by atoms with E-state index in [1.807, 2.05) is 6.92 Å². The van der Waals surface area contributed by atoms with Gasteiger partial charge in [-0.1, -0.05) is 28.6 Å². The topological polar surface area (TPSA) is 111 Å². The second-order valence-electron chi connectivity index (χ2n) is 4.37. The fraction of sp³-hybridized carbons (Fsp3) is 0.214. The lowest BCUT2D eigenvalue weighted by atomic mass is 10.2. The zero-order chi connectivity index (χ0) is 17.0. The maximum atomic E-state index is 11.8. The summed E-state index contributed by atoms with van der Waals surface area (Å²) in [6.45, 7) is 1.91. The summed E-state index contributed by atoms with van der Waals surface area (Å²) in [4.78, 5) is 15.6. The third kappa shape index (κ3) is 4.26. The molecule has 7 nitrogen and oxygen atoms in total. The van der Waals surface area contributed by atoms with Gasteiger partial charge in [-0.15, -0.1) is 5.10 Å². The summed E-state index contributed by atoms with van der Waals surface area (Å²) in [5.74, 6) is -0.598. The van der Waals surface area contributed by atoms with Gasteiger partial charge in [0, 0.05) is 10.9 Å². The minimum atomic E-state index is -1.11. The van der Waals surface area contributed by atoms with Gasteiger partial charge in [-0.2, -0.15) is 0 Å². The van der Waals surface area contributed by atoms with Crippen LogP contribution in [0.1, 0.15) is 18.3 Å². The van der Waals surface area contributed by atoms with Crippen LogP contribution in [-0.4, -0.2) is 33.4 Å². The molecule has 2 rings (SSSR count). The molecule has 1 aromatic carbocycles. The van der Waals surface area contributed by atoms with Crippen molar-refractivity contribution in [2.75, 3.05) is 7.11 Å². The van der Waals surface area contributed by atoms with Crippen LogP contribution in [0.2, 0.25) is 0 Å². The Morgan fingerprint density at radius 3 is 2.87 bits per heavy atom. The van der Waals surface area contributed by atoms with E-state index in [2.05, 4.69) is 31.1 Å². The van der Waals surface area contributed by atoms with Gasteiger partial charge in [-0.25, -0.2) is 9.78 Å². The summed E-state index contributed by atoms with van der Waals surface area (Å²) in [6.07, 6.45) is 2.11. The van der Waals surface area contributed by atoms with Crippen molar-refractivity contribution in [3.63, 3.8) is 0 Å². The molecule has 0 aliphatic heterocycles. The van der Waals surface area contributed by atoms with Crippen LogP contribution in [0.5, 0.6) is 11.5 Å². The van der Waals surface area contributed by atoms with Crippen LogP contribution in [-0.2, 0) is 11.2 Å². The van der Waals surface area contributed by atoms with E-state index in [1.54, 1.807) is 0 Å². The van der Waals surface area contributed by atoms with E-state index in [0.29, 0.717) is 27.4 Å². The van der Waals surface area contributed by atoms with Crippen LogP contribution < -0.4 is 9.84 Å². The van der Waals surface area contributed by atoms with E-state index in [4.69, 9.17) is 4.74 Å². The number of aromatic amines is 1. The third-order valence-corrected chi connectivity index (χ3v) is 4.27. The Bertz CT molecular complexity index is 760. The van der Waals surface area contributed by atoms with Crippen molar-refractivity contribution in [2.24, 2.45) is 0 Å². The molecule has 0 atom stereocenters. The highest BCUT2D eigenvalue weighted by Crippen LogP contribution is 2.34. The van der Waals surface area contributed by atoms with Gasteiger partial charge in [0.05, 0.1) is 7.11 Å². The number of aliphatic carboxylic acids is 1. The number of halogens is 1. The van der Waals surface area contributed by atoms with E-state index in [9.17, 15) is 15.0 Å². The molecule has 0 amide bonds. The molecule has 0 aliphatic carbocycles. The highest BCUT2D eigenvalue weighted by Gasteiger charge is 2.14. The molecule has 2 N–H and O–H groups in total. The Morgan fingerprint density at radius 1 is 1.57 bits per heavy atom. The van der Waals surface area contributed by atoms with Crippen LogP contribution in [0, 0.1) is 0 Å². The molecule has 0 radical (unpaired) electrons. The molecule has 9 heteroatoms. The second kappa shape index (κ2) is 7.51. The lowest BCUT2D eigenvalue weighted by Crippen LogP contribution is -1.99. The molecule has 0 unspecified atom stereocenters. The van der Waals surface area contributed by atoms with Crippen molar-refractivity contribution in [3.05, 3.63) is 32.9 Å². The summed E-state index contributed by atoms with van der Waals surface area (Å²) >= 11 is 4.06. The Labute approximate surface area is 144 Å². The number of H-pyrrole nitrogens is 1. The first-order valence-electron chi connectivity index (χ1n) is 6.53. The Hall–Kier alpha value is -2.00. The van der Waals surface area contributed by atoms with Gasteiger partial charge in [-0.05, 0) is 35.5 Å². The van der Waals surface area contributed by atoms with Crippen LogP contribution in [0.15, 0.2) is 26.7 Å². The number of ether oxygens (including phenoxy) is 1. The molecular weight excluding hydrogens is 386 g/mol. The number of nitrogens with zero attached hydrogens (tertiary/aromatic N) is 2.